The molecule has 1 aromatic rings. The van der Waals surface area contributed by atoms with E-state index < -0.39 is 0 Å². The maximum absolute atomic E-state index is 5.98. The monoisotopic (exact) mass is 413 g/mol. The molecule has 0 bridgehead atoms. The summed E-state index contributed by atoms with van der Waals surface area (Å²) in [6.07, 6.45) is 14.0. The molecule has 1 unspecified atom stereocenters. The van der Waals surface area contributed by atoms with Crippen LogP contribution in [0.4, 0.5) is 0 Å². The molecule has 0 fully saturated rings. The quantitative estimate of drug-likeness (QED) is 0.243. The van der Waals surface area contributed by atoms with Crippen molar-refractivity contribution in [1.82, 2.24) is 0 Å². The Morgan fingerprint density at radius 1 is 0.760 bits per heavy atom. The zero-order valence-electron chi connectivity index (χ0n) is 16.8. The van der Waals surface area contributed by atoms with Crippen molar-refractivity contribution < 1.29 is 26.2 Å². The van der Waals surface area contributed by atoms with Gasteiger partial charge in [0.2, 0.25) is 6.73 Å². The first-order chi connectivity index (χ1) is 11.7. The van der Waals surface area contributed by atoms with Crippen molar-refractivity contribution >= 4 is 0 Å². The third-order valence-corrected chi connectivity index (χ3v) is 5.10. The Bertz CT molecular complexity index is 398. The molecular weight excluding hydrogens is 374 g/mol. The Hall–Kier alpha value is -0.540. The van der Waals surface area contributed by atoms with Crippen LogP contribution < -0.4 is 21.7 Å². The van der Waals surface area contributed by atoms with Crippen LogP contribution in [-0.2, 0) is 0 Å². The van der Waals surface area contributed by atoms with Crippen molar-refractivity contribution in [1.29, 1.82) is 0 Å². The number of halogens is 1. The predicted octanol–water partition coefficient (Wildman–Crippen LogP) is 3.41. The number of para-hydroxylation sites is 1. The molecule has 0 saturated heterocycles. The molecular formula is C22H40BrNO. The predicted molar refractivity (Wildman–Crippen MR) is 105 cm³/mol. The van der Waals surface area contributed by atoms with Gasteiger partial charge in [-0.05, 0) is 31.9 Å². The molecule has 0 aliphatic carbocycles. The number of nitrogens with zero attached hydrogens (tertiary/aromatic N) is 1. The number of ether oxygens (including phenoxy) is 1. The van der Waals surface area contributed by atoms with E-state index in [-0.39, 0.29) is 17.0 Å². The van der Waals surface area contributed by atoms with Gasteiger partial charge in [0.05, 0.1) is 20.1 Å². The van der Waals surface area contributed by atoms with Crippen LogP contribution in [0.3, 0.4) is 0 Å². The topological polar surface area (TPSA) is 9.23 Å². The Morgan fingerprint density at radius 2 is 1.28 bits per heavy atom. The van der Waals surface area contributed by atoms with Gasteiger partial charge in [-0.3, -0.25) is 4.48 Å². The van der Waals surface area contributed by atoms with E-state index in [9.17, 15) is 0 Å². The van der Waals surface area contributed by atoms with Crippen LogP contribution in [0.25, 0.3) is 0 Å². The van der Waals surface area contributed by atoms with Gasteiger partial charge in [0.25, 0.3) is 0 Å². The van der Waals surface area contributed by atoms with Crippen LogP contribution in [0.2, 0.25) is 0 Å². The highest BCUT2D eigenvalue weighted by Crippen LogP contribution is 2.14. The summed E-state index contributed by atoms with van der Waals surface area (Å²) in [4.78, 5) is 0. The van der Waals surface area contributed by atoms with E-state index in [1.165, 1.54) is 70.8 Å². The summed E-state index contributed by atoms with van der Waals surface area (Å²) >= 11 is 0. The lowest BCUT2D eigenvalue weighted by molar-refractivity contribution is -0.922. The van der Waals surface area contributed by atoms with E-state index in [1.54, 1.807) is 0 Å². The van der Waals surface area contributed by atoms with E-state index >= 15 is 0 Å². The van der Waals surface area contributed by atoms with Crippen LogP contribution in [0.15, 0.2) is 30.3 Å². The van der Waals surface area contributed by atoms with Crippen molar-refractivity contribution in [2.75, 3.05) is 26.9 Å². The molecule has 25 heavy (non-hydrogen) atoms. The zero-order chi connectivity index (χ0) is 17.5. The van der Waals surface area contributed by atoms with Gasteiger partial charge < -0.3 is 21.7 Å². The van der Waals surface area contributed by atoms with Gasteiger partial charge >= 0.3 is 0 Å². The molecule has 0 saturated carbocycles. The average Bonchev–Trinajstić information content (AvgIpc) is 2.62. The number of benzene rings is 1. The SMILES string of the molecule is CCCCCCCCCCCC[N+](C)(CC)COc1ccccc1.[Br-]. The van der Waals surface area contributed by atoms with E-state index in [4.69, 9.17) is 4.74 Å². The number of unbranched alkanes of at least 4 members (excludes halogenated alkanes) is 9. The molecule has 2 nitrogen and oxygen atoms in total. The maximum Gasteiger partial charge on any atom is 0.223 e. The number of quaternary nitrogens is 1. The molecule has 146 valence electrons. The lowest BCUT2D eigenvalue weighted by Gasteiger charge is -2.32. The Kier molecular flexibility index (Phi) is 15.4. The normalized spacial score (nSPS) is 13.1. The molecule has 1 aromatic carbocycles. The maximum atomic E-state index is 5.98. The molecule has 0 radical (unpaired) electrons. The third-order valence-electron chi connectivity index (χ3n) is 5.10. The first kappa shape index (κ1) is 24.5. The van der Waals surface area contributed by atoms with Gasteiger partial charge in [-0.1, -0.05) is 76.5 Å². The molecule has 0 aromatic heterocycles. The molecule has 1 atom stereocenters. The number of hydrogen-bond acceptors (Lipinski definition) is 1. The minimum Gasteiger partial charge on any atom is -1.00 e. The van der Waals surface area contributed by atoms with Crippen LogP contribution in [-0.4, -0.2) is 31.4 Å². The second-order valence-electron chi connectivity index (χ2n) is 7.43. The molecule has 0 aliphatic heterocycles. The minimum atomic E-state index is 0. The van der Waals surface area contributed by atoms with Gasteiger partial charge in [0.15, 0.2) is 0 Å². The lowest BCUT2D eigenvalue weighted by atomic mass is 10.1. The second kappa shape index (κ2) is 15.7. The first-order valence-electron chi connectivity index (χ1n) is 10.2. The van der Waals surface area contributed by atoms with E-state index in [0.717, 1.165) is 23.5 Å². The fraction of sp³-hybridized carbons (Fsp3) is 0.727. The highest BCUT2D eigenvalue weighted by atomic mass is 79.9. The molecule has 0 heterocycles. The first-order valence-corrected chi connectivity index (χ1v) is 10.2. The van der Waals surface area contributed by atoms with Gasteiger partial charge in [0, 0.05) is 0 Å². The largest absolute Gasteiger partial charge is 1.00 e. The van der Waals surface area contributed by atoms with Crippen molar-refractivity contribution in [2.24, 2.45) is 0 Å². The van der Waals surface area contributed by atoms with Crippen molar-refractivity contribution in [2.45, 2.75) is 78.1 Å². The summed E-state index contributed by atoms with van der Waals surface area (Å²) in [5.41, 5.74) is 0. The van der Waals surface area contributed by atoms with E-state index in [1.807, 2.05) is 30.3 Å². The van der Waals surface area contributed by atoms with Gasteiger partial charge in [0.1, 0.15) is 5.75 Å². The summed E-state index contributed by atoms with van der Waals surface area (Å²) in [5, 5.41) is 0. The molecule has 0 amide bonds. The summed E-state index contributed by atoms with van der Waals surface area (Å²) in [6, 6.07) is 10.2. The average molecular weight is 414 g/mol. The van der Waals surface area contributed by atoms with Gasteiger partial charge in [-0.2, -0.15) is 0 Å². The molecule has 0 N–H and O–H groups in total. The zero-order valence-corrected chi connectivity index (χ0v) is 18.4. The highest BCUT2D eigenvalue weighted by molar-refractivity contribution is 5.20. The number of hydrogen-bond donors (Lipinski definition) is 0. The van der Waals surface area contributed by atoms with Crippen molar-refractivity contribution in [3.8, 4) is 5.75 Å². The fourth-order valence-electron chi connectivity index (χ4n) is 3.04. The summed E-state index contributed by atoms with van der Waals surface area (Å²) in [5.74, 6) is 0.985. The third kappa shape index (κ3) is 12.4. The second-order valence-corrected chi connectivity index (χ2v) is 7.43. The van der Waals surface area contributed by atoms with Gasteiger partial charge in [-0.25, -0.2) is 0 Å². The van der Waals surface area contributed by atoms with Crippen molar-refractivity contribution in [3.63, 3.8) is 0 Å². The summed E-state index contributed by atoms with van der Waals surface area (Å²) in [7, 11) is 2.32. The minimum absolute atomic E-state index is 0. The molecule has 1 rings (SSSR count). The van der Waals surface area contributed by atoms with Gasteiger partial charge in [-0.15, -0.1) is 0 Å². The Morgan fingerprint density at radius 3 is 1.80 bits per heavy atom. The van der Waals surface area contributed by atoms with Crippen LogP contribution in [0.1, 0.15) is 78.1 Å². The molecule has 0 spiro atoms. The Labute approximate surface area is 167 Å². The number of rotatable bonds is 15. The summed E-state index contributed by atoms with van der Waals surface area (Å²) < 4.78 is 6.98. The molecule has 0 aliphatic rings. The Balaban J connectivity index is 0.00000576. The van der Waals surface area contributed by atoms with E-state index in [2.05, 4.69) is 20.9 Å². The van der Waals surface area contributed by atoms with Crippen LogP contribution >= 0.6 is 0 Å². The van der Waals surface area contributed by atoms with Crippen LogP contribution in [0, 0.1) is 0 Å². The lowest BCUT2D eigenvalue weighted by Crippen LogP contribution is -3.00. The smallest absolute Gasteiger partial charge is 0.223 e. The molecule has 3 heteroatoms. The van der Waals surface area contributed by atoms with Crippen LogP contribution in [0.5, 0.6) is 5.75 Å². The van der Waals surface area contributed by atoms with Crippen molar-refractivity contribution in [3.05, 3.63) is 30.3 Å². The van der Waals surface area contributed by atoms with E-state index in [0.29, 0.717) is 0 Å². The fourth-order valence-corrected chi connectivity index (χ4v) is 3.04. The highest BCUT2D eigenvalue weighted by Gasteiger charge is 2.19. The summed E-state index contributed by atoms with van der Waals surface area (Å²) in [6.45, 7) is 7.68. The standard InChI is InChI=1S/C22H40NO.BrH/c1-4-6-7-8-9-10-11-12-13-17-20-23(3,5-2)21-24-22-18-15-14-16-19-22;/h14-16,18-19H,4-13,17,20-21H2,1-3H3;1H/q+1;/p-1.